The Labute approximate surface area is 423 Å². The summed E-state index contributed by atoms with van der Waals surface area (Å²) in [6.45, 7) is 6.49. The molecule has 0 spiro atoms. The van der Waals surface area contributed by atoms with Crippen LogP contribution in [0.15, 0.2) is 249 Å². The van der Waals surface area contributed by atoms with Gasteiger partial charge in [0.15, 0.2) is 0 Å². The summed E-state index contributed by atoms with van der Waals surface area (Å²) in [6, 6.07) is 86.9. The molecule has 0 fully saturated rings. The second-order valence-corrected chi connectivity index (χ2v) is 19.0. The summed E-state index contributed by atoms with van der Waals surface area (Å²) in [5.74, 6) is 0. The Morgan fingerprint density at radius 1 is 0.371 bits per heavy atom. The number of aromatic nitrogens is 3. The van der Waals surface area contributed by atoms with Gasteiger partial charge in [-0.15, -0.1) is 0 Å². The summed E-state index contributed by atoms with van der Waals surface area (Å²) in [5, 5.41) is 7.74. The minimum absolute atomic E-state index is 1.07. The van der Waals surface area contributed by atoms with Gasteiger partial charge in [0.05, 0.1) is 33.1 Å². The van der Waals surface area contributed by atoms with Crippen LogP contribution in [0.1, 0.15) is 31.4 Å². The van der Waals surface area contributed by atoms with Crippen molar-refractivity contribution in [3.63, 3.8) is 0 Å². The maximum absolute atomic E-state index is 2.38. The van der Waals surface area contributed by atoms with Crippen LogP contribution in [0.3, 0.4) is 0 Å². The first-order valence-corrected chi connectivity index (χ1v) is 25.2. The van der Waals surface area contributed by atoms with Crippen LogP contribution in [-0.2, 0) is 0 Å². The second-order valence-electron chi connectivity index (χ2n) is 17.8. The van der Waals surface area contributed by atoms with E-state index in [4.69, 9.17) is 0 Å². The molecule has 0 radical (unpaired) electrons. The fourth-order valence-electron chi connectivity index (χ4n) is 10.1. The van der Waals surface area contributed by atoms with Crippen molar-refractivity contribution in [1.29, 1.82) is 0 Å². The Hall–Kier alpha value is -7.93. The number of fused-ring (bicyclic) bond motifs is 9. The third-order valence-electron chi connectivity index (χ3n) is 13.4. The predicted molar refractivity (Wildman–Crippen MR) is 309 cm³/mol. The van der Waals surface area contributed by atoms with Crippen molar-refractivity contribution in [2.24, 2.45) is 0 Å². The highest BCUT2D eigenvalue weighted by Gasteiger charge is 2.16. The zero-order chi connectivity index (χ0) is 47.6. The van der Waals surface area contributed by atoms with Gasteiger partial charge >= 0.3 is 0 Å². The highest BCUT2D eigenvalue weighted by atomic mass is 127. The molecule has 3 nitrogen and oxygen atoms in total. The lowest BCUT2D eigenvalue weighted by atomic mass is 10.0. The zero-order valence-electron chi connectivity index (χ0n) is 39.6. The van der Waals surface area contributed by atoms with Gasteiger partial charge in [-0.3, -0.25) is 0 Å². The van der Waals surface area contributed by atoms with Crippen LogP contribution >= 0.6 is 22.6 Å². The normalized spacial score (nSPS) is 11.6. The maximum atomic E-state index is 2.38. The number of benzene rings is 10. The van der Waals surface area contributed by atoms with Crippen LogP contribution in [0, 0.1) is 10.5 Å². The summed E-state index contributed by atoms with van der Waals surface area (Å²) in [5.41, 5.74) is 17.4. The van der Waals surface area contributed by atoms with Crippen molar-refractivity contribution >= 4 is 93.6 Å². The van der Waals surface area contributed by atoms with E-state index in [-0.39, 0.29) is 0 Å². The molecule has 70 heavy (non-hydrogen) atoms. The van der Waals surface area contributed by atoms with E-state index < -0.39 is 0 Å². The van der Waals surface area contributed by atoms with Crippen molar-refractivity contribution < 1.29 is 0 Å². The van der Waals surface area contributed by atoms with E-state index in [2.05, 4.69) is 306 Å². The molecule has 0 atom stereocenters. The second kappa shape index (κ2) is 19.6. The van der Waals surface area contributed by atoms with Crippen LogP contribution in [0.2, 0.25) is 0 Å². The molecule has 13 aromatic rings. The molecule has 0 unspecified atom stereocenters. The van der Waals surface area contributed by atoms with E-state index in [1.54, 1.807) is 0 Å². The average molecular weight is 1010 g/mol. The highest BCUT2D eigenvalue weighted by molar-refractivity contribution is 14.1. The molecule has 0 amide bonds. The highest BCUT2D eigenvalue weighted by Crippen LogP contribution is 2.37. The van der Waals surface area contributed by atoms with Crippen LogP contribution in [0.4, 0.5) is 0 Å². The average Bonchev–Trinajstić information content (AvgIpc) is 4.06. The molecule has 10 aromatic carbocycles. The maximum Gasteiger partial charge on any atom is 0.0541 e. The lowest BCUT2D eigenvalue weighted by Gasteiger charge is -2.12. The van der Waals surface area contributed by atoms with Gasteiger partial charge in [-0.25, -0.2) is 0 Å². The molecule has 4 heteroatoms. The number of para-hydroxylation sites is 6. The van der Waals surface area contributed by atoms with Gasteiger partial charge in [0.25, 0.3) is 0 Å². The van der Waals surface area contributed by atoms with Gasteiger partial charge in [-0.1, -0.05) is 171 Å². The molecular weight excluding hydrogens is 962 g/mol. The zero-order valence-corrected chi connectivity index (χ0v) is 41.8. The third kappa shape index (κ3) is 8.39. The molecule has 0 saturated heterocycles. The van der Waals surface area contributed by atoms with Crippen molar-refractivity contribution in [3.05, 3.63) is 263 Å². The molecule has 0 bridgehead atoms. The Balaban J connectivity index is 0.000000141. The Morgan fingerprint density at radius 2 is 0.743 bits per heavy atom. The van der Waals surface area contributed by atoms with E-state index in [1.165, 1.54) is 114 Å². The summed E-state index contributed by atoms with van der Waals surface area (Å²) in [6.07, 6.45) is 3.35. The van der Waals surface area contributed by atoms with E-state index in [0.29, 0.717) is 0 Å². The number of rotatable bonds is 6. The van der Waals surface area contributed by atoms with Gasteiger partial charge in [-0.05, 0) is 156 Å². The number of halogens is 1. The molecule has 0 aliphatic carbocycles. The van der Waals surface area contributed by atoms with Gasteiger partial charge in [0.2, 0.25) is 0 Å². The monoisotopic (exact) mass is 1010 g/mol. The van der Waals surface area contributed by atoms with Crippen molar-refractivity contribution in [1.82, 2.24) is 13.7 Å². The molecule has 338 valence electrons. The van der Waals surface area contributed by atoms with E-state index in [9.17, 15) is 0 Å². The van der Waals surface area contributed by atoms with E-state index in [0.717, 1.165) is 6.42 Å². The summed E-state index contributed by atoms with van der Waals surface area (Å²) in [4.78, 5) is 0. The van der Waals surface area contributed by atoms with Gasteiger partial charge < -0.3 is 13.7 Å². The SMILES string of the molecule is CC/C=C(\C)c1ccc2c(c1)c1ccccc1n2-c1ccccc1.Cc1ccccc1I.c1cc(-c2cccc(-n3c4ccccc4c4ccccc43)c2)cc(-n2c3ccccc3c3ccccc32)c1. The molecule has 3 aromatic heterocycles. The third-order valence-corrected chi connectivity index (χ3v) is 14.6. The fraction of sp³-hybridized carbons (Fsp3) is 0.0606. The molecule has 0 aliphatic rings. The first-order chi connectivity index (χ1) is 34.5. The minimum atomic E-state index is 1.07. The number of allylic oxidation sites excluding steroid dienone is 2. The topological polar surface area (TPSA) is 14.8 Å². The minimum Gasteiger partial charge on any atom is -0.309 e. The van der Waals surface area contributed by atoms with E-state index >= 15 is 0 Å². The number of hydrogen-bond acceptors (Lipinski definition) is 0. The summed E-state index contributed by atoms with van der Waals surface area (Å²) in [7, 11) is 0. The largest absolute Gasteiger partial charge is 0.309 e. The number of nitrogens with zero attached hydrogens (tertiary/aromatic N) is 3. The molecule has 3 heterocycles. The van der Waals surface area contributed by atoms with Crippen molar-refractivity contribution in [3.8, 4) is 28.2 Å². The lowest BCUT2D eigenvalue weighted by molar-refractivity contribution is 1.17. The first-order valence-electron chi connectivity index (χ1n) is 24.1. The van der Waals surface area contributed by atoms with Gasteiger partial charge in [0, 0.05) is 52.9 Å². The molecular formula is C66H52IN3. The van der Waals surface area contributed by atoms with Gasteiger partial charge in [0.1, 0.15) is 0 Å². The number of hydrogen-bond donors (Lipinski definition) is 0. The van der Waals surface area contributed by atoms with Crippen LogP contribution in [0.25, 0.3) is 99.2 Å². The fourth-order valence-corrected chi connectivity index (χ4v) is 10.5. The van der Waals surface area contributed by atoms with Crippen LogP contribution in [0.5, 0.6) is 0 Å². The smallest absolute Gasteiger partial charge is 0.0541 e. The van der Waals surface area contributed by atoms with Crippen LogP contribution < -0.4 is 0 Å². The summed E-state index contributed by atoms with van der Waals surface area (Å²) >= 11 is 2.32. The standard InChI is InChI=1S/C36H24N2.C23H21N.C7H7I/c1-5-19-33-29(15-1)30-16-2-6-20-34(30)37(33)27-13-9-11-25(23-27)26-12-10-14-28(24-26)38-35-21-7-3-17-31(35)32-18-4-8-22-36(32)38;1-3-9-17(2)18-14-15-23-21(16-18)20-12-7-8-13-22(20)24(23)19-10-5-4-6-11-19;1-6-4-2-3-5-7(6)8/h1-24H;4-16H,3H2,1-2H3;2-5H,1H3/b;17-9+;. The van der Waals surface area contributed by atoms with Crippen molar-refractivity contribution in [2.45, 2.75) is 27.2 Å². The first kappa shape index (κ1) is 44.6. The lowest BCUT2D eigenvalue weighted by Crippen LogP contribution is -1.95. The number of aryl methyl sites for hydroxylation is 1. The Kier molecular flexibility index (Phi) is 12.5. The molecule has 0 saturated carbocycles. The van der Waals surface area contributed by atoms with Crippen LogP contribution in [-0.4, -0.2) is 13.7 Å². The van der Waals surface area contributed by atoms with Crippen molar-refractivity contribution in [2.75, 3.05) is 0 Å². The molecule has 0 N–H and O–H groups in total. The summed E-state index contributed by atoms with van der Waals surface area (Å²) < 4.78 is 8.45. The Bertz CT molecular complexity index is 3750. The molecule has 0 aliphatic heterocycles. The Morgan fingerprint density at radius 3 is 1.17 bits per heavy atom. The quantitative estimate of drug-likeness (QED) is 0.147. The van der Waals surface area contributed by atoms with E-state index in [1.807, 2.05) is 0 Å². The van der Waals surface area contributed by atoms with Gasteiger partial charge in [-0.2, -0.15) is 0 Å². The predicted octanol–water partition coefficient (Wildman–Crippen LogP) is 18.7. The molecule has 13 rings (SSSR count).